The van der Waals surface area contributed by atoms with Crippen molar-refractivity contribution >= 4 is 5.91 Å². The molecule has 1 amide bonds. The van der Waals surface area contributed by atoms with Crippen LogP contribution in [-0.4, -0.2) is 28.8 Å². The van der Waals surface area contributed by atoms with Crippen molar-refractivity contribution in [1.82, 2.24) is 20.4 Å². The number of carbonyl (C=O) groups is 1. The van der Waals surface area contributed by atoms with Crippen LogP contribution in [0.2, 0.25) is 0 Å². The van der Waals surface area contributed by atoms with E-state index in [1.165, 1.54) is 6.07 Å². The van der Waals surface area contributed by atoms with E-state index in [4.69, 9.17) is 0 Å². The zero-order valence-electron chi connectivity index (χ0n) is 14.4. The molecule has 5 nitrogen and oxygen atoms in total. The smallest absolute Gasteiger partial charge is 0.344 e. The first kappa shape index (κ1) is 18.4. The maximum Gasteiger partial charge on any atom is 0.416 e. The highest BCUT2D eigenvalue weighted by atomic mass is 19.4. The Labute approximate surface area is 149 Å². The summed E-state index contributed by atoms with van der Waals surface area (Å²) in [5.41, 5.74) is -0.0799. The zero-order valence-corrected chi connectivity index (χ0v) is 14.4. The summed E-state index contributed by atoms with van der Waals surface area (Å²) in [4.78, 5) is 12.4. The first-order chi connectivity index (χ1) is 12.3. The summed E-state index contributed by atoms with van der Waals surface area (Å²) >= 11 is 0. The molecule has 2 unspecified atom stereocenters. The van der Waals surface area contributed by atoms with Crippen molar-refractivity contribution in [3.63, 3.8) is 0 Å². The minimum absolute atomic E-state index is 0.214. The fourth-order valence-electron chi connectivity index (χ4n) is 3.06. The third kappa shape index (κ3) is 4.24. The molecule has 2 N–H and O–H groups in total. The van der Waals surface area contributed by atoms with E-state index in [9.17, 15) is 18.0 Å². The van der Waals surface area contributed by atoms with Crippen molar-refractivity contribution in [1.29, 1.82) is 0 Å². The summed E-state index contributed by atoms with van der Waals surface area (Å²) in [7, 11) is 0. The predicted octanol–water partition coefficient (Wildman–Crippen LogP) is 3.32. The van der Waals surface area contributed by atoms with Crippen LogP contribution in [-0.2, 0) is 6.18 Å². The number of piperidine rings is 1. The van der Waals surface area contributed by atoms with Gasteiger partial charge in [0.15, 0.2) is 0 Å². The van der Waals surface area contributed by atoms with Crippen LogP contribution in [0.3, 0.4) is 0 Å². The lowest BCUT2D eigenvalue weighted by atomic mass is 10.0. The molecular formula is C18H21F3N4O. The van der Waals surface area contributed by atoms with Gasteiger partial charge >= 0.3 is 6.18 Å². The summed E-state index contributed by atoms with van der Waals surface area (Å²) < 4.78 is 40.3. The van der Waals surface area contributed by atoms with Crippen molar-refractivity contribution in [2.75, 3.05) is 13.1 Å². The van der Waals surface area contributed by atoms with E-state index < -0.39 is 23.7 Å². The topological polar surface area (TPSA) is 59.0 Å². The van der Waals surface area contributed by atoms with Crippen LogP contribution < -0.4 is 10.6 Å². The summed E-state index contributed by atoms with van der Waals surface area (Å²) in [5, 5.41) is 10.3. The predicted molar refractivity (Wildman–Crippen MR) is 90.7 cm³/mol. The van der Waals surface area contributed by atoms with Crippen LogP contribution in [0.25, 0.3) is 0 Å². The second-order valence-electron chi connectivity index (χ2n) is 6.50. The van der Waals surface area contributed by atoms with Gasteiger partial charge in [0.1, 0.15) is 5.69 Å². The molecule has 8 heteroatoms. The summed E-state index contributed by atoms with van der Waals surface area (Å²) in [6, 6.07) is 6.24. The number of hydrogen-bond donors (Lipinski definition) is 2. The Hall–Kier alpha value is -2.35. The number of alkyl halides is 3. The third-order valence-corrected chi connectivity index (χ3v) is 4.55. The zero-order chi connectivity index (χ0) is 18.7. The molecule has 0 bridgehead atoms. The molecule has 1 saturated heterocycles. The molecule has 1 aromatic carbocycles. The molecule has 2 atom stereocenters. The number of halogens is 3. The molecule has 0 radical (unpaired) electrons. The Morgan fingerprint density at radius 3 is 2.88 bits per heavy atom. The van der Waals surface area contributed by atoms with Gasteiger partial charge in [-0.25, -0.2) is 0 Å². The van der Waals surface area contributed by atoms with E-state index in [1.54, 1.807) is 29.9 Å². The summed E-state index contributed by atoms with van der Waals surface area (Å²) in [5.74, 6) is -0.405. The number of nitrogens with zero attached hydrogens (tertiary/aromatic N) is 2. The maximum atomic E-state index is 12.8. The van der Waals surface area contributed by atoms with Crippen LogP contribution in [0.15, 0.2) is 36.5 Å². The van der Waals surface area contributed by atoms with E-state index in [0.717, 1.165) is 38.1 Å². The van der Waals surface area contributed by atoms with Gasteiger partial charge in [0.2, 0.25) is 0 Å². The highest BCUT2D eigenvalue weighted by Crippen LogP contribution is 2.30. The fraction of sp³-hybridized carbons (Fsp3) is 0.444. The van der Waals surface area contributed by atoms with Gasteiger partial charge in [-0.1, -0.05) is 12.1 Å². The highest BCUT2D eigenvalue weighted by molar-refractivity contribution is 5.92. The van der Waals surface area contributed by atoms with Gasteiger partial charge < -0.3 is 10.6 Å². The molecule has 1 fully saturated rings. The second kappa shape index (κ2) is 7.49. The molecule has 3 rings (SSSR count). The van der Waals surface area contributed by atoms with Crippen LogP contribution >= 0.6 is 0 Å². The molecule has 0 aliphatic carbocycles. The second-order valence-corrected chi connectivity index (χ2v) is 6.50. The molecule has 140 valence electrons. The number of hydrogen-bond acceptors (Lipinski definition) is 3. The van der Waals surface area contributed by atoms with Crippen LogP contribution in [0, 0.1) is 0 Å². The molecule has 0 saturated carbocycles. The van der Waals surface area contributed by atoms with Crippen molar-refractivity contribution in [3.8, 4) is 0 Å². The first-order valence-electron chi connectivity index (χ1n) is 8.58. The average Bonchev–Trinajstić information content (AvgIpc) is 3.12. The molecule has 26 heavy (non-hydrogen) atoms. The van der Waals surface area contributed by atoms with E-state index in [2.05, 4.69) is 15.7 Å². The van der Waals surface area contributed by atoms with Crippen molar-refractivity contribution in [2.24, 2.45) is 0 Å². The van der Waals surface area contributed by atoms with E-state index in [1.807, 2.05) is 0 Å². The lowest BCUT2D eigenvalue weighted by Crippen LogP contribution is -2.32. The first-order valence-corrected chi connectivity index (χ1v) is 8.58. The van der Waals surface area contributed by atoms with Gasteiger partial charge in [-0.15, -0.1) is 0 Å². The Kier molecular flexibility index (Phi) is 5.31. The lowest BCUT2D eigenvalue weighted by molar-refractivity contribution is -0.137. The molecule has 1 aliphatic rings. The fourth-order valence-corrected chi connectivity index (χ4v) is 3.06. The molecule has 1 aliphatic heterocycles. The molecule has 1 aromatic heterocycles. The van der Waals surface area contributed by atoms with E-state index in [0.29, 0.717) is 5.56 Å². The lowest BCUT2D eigenvalue weighted by Gasteiger charge is -2.22. The Morgan fingerprint density at radius 1 is 1.38 bits per heavy atom. The SMILES string of the molecule is CC(NC(=O)c1ccn(C2CCCNC2)n1)c1cccc(C(F)(F)F)c1. The largest absolute Gasteiger partial charge is 0.416 e. The summed E-state index contributed by atoms with van der Waals surface area (Å²) in [6.07, 6.45) is -0.594. The van der Waals surface area contributed by atoms with Gasteiger partial charge in [0.25, 0.3) is 5.91 Å². The van der Waals surface area contributed by atoms with Crippen LogP contribution in [0.5, 0.6) is 0 Å². The molecule has 0 spiro atoms. The molecule has 2 heterocycles. The number of amides is 1. The minimum atomic E-state index is -4.41. The third-order valence-electron chi connectivity index (χ3n) is 4.55. The number of benzene rings is 1. The maximum absolute atomic E-state index is 12.8. The van der Waals surface area contributed by atoms with Crippen molar-refractivity contribution in [2.45, 2.75) is 38.0 Å². The highest BCUT2D eigenvalue weighted by Gasteiger charge is 2.30. The Morgan fingerprint density at radius 2 is 2.19 bits per heavy atom. The number of nitrogens with one attached hydrogen (secondary N) is 2. The van der Waals surface area contributed by atoms with E-state index >= 15 is 0 Å². The number of carbonyl (C=O) groups excluding carboxylic acids is 1. The van der Waals surface area contributed by atoms with Gasteiger partial charge in [-0.2, -0.15) is 18.3 Å². The standard InChI is InChI=1S/C18H21F3N4O/c1-12(13-4-2-5-14(10-13)18(19,20)21)23-17(26)16-7-9-25(24-16)15-6-3-8-22-11-15/h2,4-5,7,9-10,12,15,22H,3,6,8,11H2,1H3,(H,23,26). The van der Waals surface area contributed by atoms with Gasteiger partial charge in [-0.3, -0.25) is 9.48 Å². The Balaban J connectivity index is 1.67. The van der Waals surface area contributed by atoms with Crippen molar-refractivity contribution in [3.05, 3.63) is 53.3 Å². The average molecular weight is 366 g/mol. The normalized spacial score (nSPS) is 19.2. The summed E-state index contributed by atoms with van der Waals surface area (Å²) in [6.45, 7) is 3.44. The van der Waals surface area contributed by atoms with Crippen LogP contribution in [0.1, 0.15) is 53.5 Å². The van der Waals surface area contributed by atoms with Gasteiger partial charge in [0.05, 0.1) is 17.6 Å². The monoisotopic (exact) mass is 366 g/mol. The van der Waals surface area contributed by atoms with Crippen molar-refractivity contribution < 1.29 is 18.0 Å². The molecule has 2 aromatic rings. The quantitative estimate of drug-likeness (QED) is 0.873. The van der Waals surface area contributed by atoms with Crippen LogP contribution in [0.4, 0.5) is 13.2 Å². The Bertz CT molecular complexity index is 766. The minimum Gasteiger partial charge on any atom is -0.344 e. The van der Waals surface area contributed by atoms with Gasteiger partial charge in [-0.05, 0) is 50.1 Å². The number of rotatable bonds is 4. The number of aromatic nitrogens is 2. The van der Waals surface area contributed by atoms with Gasteiger partial charge in [0, 0.05) is 12.7 Å². The molecular weight excluding hydrogens is 345 g/mol. The van der Waals surface area contributed by atoms with E-state index in [-0.39, 0.29) is 11.7 Å².